The lowest BCUT2D eigenvalue weighted by atomic mass is 10.0. The molecule has 0 spiro atoms. The van der Waals surface area contributed by atoms with Gasteiger partial charge in [-0.1, -0.05) is 25.1 Å². The minimum atomic E-state index is -0.605. The van der Waals surface area contributed by atoms with Crippen molar-refractivity contribution >= 4 is 23.2 Å². The molecule has 0 bridgehead atoms. The summed E-state index contributed by atoms with van der Waals surface area (Å²) in [6.45, 7) is 3.69. The Labute approximate surface area is 146 Å². The number of thiophene rings is 1. The number of carbonyl (C=O) groups excluding carboxylic acids is 2. The van der Waals surface area contributed by atoms with Crippen LogP contribution in [-0.4, -0.2) is 25.0 Å². The van der Waals surface area contributed by atoms with Gasteiger partial charge in [-0.2, -0.15) is 0 Å². The quantitative estimate of drug-likeness (QED) is 0.809. The molecule has 0 saturated carbocycles. The SMILES string of the molecule is CCC(NC(=O)C(C)NC(=O)c1cccs1)c1ccc(OC)cc1. The Balaban J connectivity index is 1.96. The van der Waals surface area contributed by atoms with Gasteiger partial charge in [0.2, 0.25) is 5.91 Å². The Morgan fingerprint density at radius 3 is 2.42 bits per heavy atom. The molecule has 128 valence electrons. The Kier molecular flexibility index (Phi) is 6.37. The Bertz CT molecular complexity index is 668. The van der Waals surface area contributed by atoms with E-state index in [1.54, 1.807) is 26.2 Å². The third-order valence-electron chi connectivity index (χ3n) is 3.73. The second-order valence-electron chi connectivity index (χ2n) is 5.42. The van der Waals surface area contributed by atoms with Gasteiger partial charge >= 0.3 is 0 Å². The number of rotatable bonds is 7. The molecule has 1 aromatic heterocycles. The van der Waals surface area contributed by atoms with Crippen molar-refractivity contribution in [3.8, 4) is 5.75 Å². The molecule has 2 aromatic rings. The minimum absolute atomic E-state index is 0.107. The van der Waals surface area contributed by atoms with Gasteiger partial charge in [-0.05, 0) is 42.5 Å². The van der Waals surface area contributed by atoms with Crippen molar-refractivity contribution in [2.75, 3.05) is 7.11 Å². The molecule has 2 atom stereocenters. The molecule has 6 heteroatoms. The molecule has 1 heterocycles. The van der Waals surface area contributed by atoms with Gasteiger partial charge in [0.15, 0.2) is 0 Å². The first-order valence-electron chi connectivity index (χ1n) is 7.83. The van der Waals surface area contributed by atoms with E-state index in [9.17, 15) is 9.59 Å². The summed E-state index contributed by atoms with van der Waals surface area (Å²) >= 11 is 1.35. The fourth-order valence-electron chi connectivity index (χ4n) is 2.30. The van der Waals surface area contributed by atoms with Crippen molar-refractivity contribution in [3.05, 3.63) is 52.2 Å². The predicted molar refractivity (Wildman–Crippen MR) is 95.4 cm³/mol. The van der Waals surface area contributed by atoms with Crippen molar-refractivity contribution in [3.63, 3.8) is 0 Å². The minimum Gasteiger partial charge on any atom is -0.497 e. The zero-order valence-electron chi connectivity index (χ0n) is 14.0. The van der Waals surface area contributed by atoms with Crippen LogP contribution in [0.1, 0.15) is 41.5 Å². The normalized spacial score (nSPS) is 13.0. The third kappa shape index (κ3) is 4.58. The highest BCUT2D eigenvalue weighted by atomic mass is 32.1. The number of carbonyl (C=O) groups is 2. The number of methoxy groups -OCH3 is 1. The van der Waals surface area contributed by atoms with Crippen molar-refractivity contribution in [2.45, 2.75) is 32.4 Å². The maximum absolute atomic E-state index is 12.4. The number of benzene rings is 1. The molecular formula is C18H22N2O3S. The first-order chi connectivity index (χ1) is 11.5. The summed E-state index contributed by atoms with van der Waals surface area (Å²) in [5.41, 5.74) is 1.00. The molecule has 24 heavy (non-hydrogen) atoms. The number of hydrogen-bond donors (Lipinski definition) is 2. The van der Waals surface area contributed by atoms with Crippen LogP contribution in [-0.2, 0) is 4.79 Å². The molecule has 0 aliphatic heterocycles. The van der Waals surface area contributed by atoms with Crippen molar-refractivity contribution < 1.29 is 14.3 Å². The van der Waals surface area contributed by atoms with Crippen molar-refractivity contribution in [1.29, 1.82) is 0 Å². The molecular weight excluding hydrogens is 324 g/mol. The van der Waals surface area contributed by atoms with E-state index in [0.29, 0.717) is 4.88 Å². The Morgan fingerprint density at radius 2 is 1.88 bits per heavy atom. The highest BCUT2D eigenvalue weighted by Gasteiger charge is 2.20. The van der Waals surface area contributed by atoms with Crippen molar-refractivity contribution in [2.24, 2.45) is 0 Å². The van der Waals surface area contributed by atoms with E-state index < -0.39 is 6.04 Å². The fraction of sp³-hybridized carbons (Fsp3) is 0.333. The second kappa shape index (κ2) is 8.49. The van der Waals surface area contributed by atoms with E-state index >= 15 is 0 Å². The Morgan fingerprint density at radius 1 is 1.17 bits per heavy atom. The Hall–Kier alpha value is -2.34. The second-order valence-corrected chi connectivity index (χ2v) is 6.36. The predicted octanol–water partition coefficient (Wildman–Crippen LogP) is 3.14. The lowest BCUT2D eigenvalue weighted by molar-refractivity contribution is -0.123. The van der Waals surface area contributed by atoms with E-state index in [-0.39, 0.29) is 17.9 Å². The first-order valence-corrected chi connectivity index (χ1v) is 8.71. The lowest BCUT2D eigenvalue weighted by Gasteiger charge is -2.21. The van der Waals surface area contributed by atoms with Crippen LogP contribution in [0.2, 0.25) is 0 Å². The van der Waals surface area contributed by atoms with Gasteiger partial charge < -0.3 is 15.4 Å². The van der Waals surface area contributed by atoms with E-state index in [4.69, 9.17) is 4.74 Å². The monoisotopic (exact) mass is 346 g/mol. The molecule has 0 aliphatic rings. The summed E-state index contributed by atoms with van der Waals surface area (Å²) < 4.78 is 5.15. The molecule has 0 saturated heterocycles. The van der Waals surface area contributed by atoms with Crippen LogP contribution in [0.4, 0.5) is 0 Å². The number of hydrogen-bond acceptors (Lipinski definition) is 4. The standard InChI is InChI=1S/C18H22N2O3S/c1-4-15(13-7-9-14(23-3)10-8-13)20-17(21)12(2)19-18(22)16-6-5-11-24-16/h5-12,15H,4H2,1-3H3,(H,19,22)(H,20,21). The number of nitrogens with one attached hydrogen (secondary N) is 2. The third-order valence-corrected chi connectivity index (χ3v) is 4.60. The van der Waals surface area contributed by atoms with Gasteiger partial charge in [0, 0.05) is 0 Å². The van der Waals surface area contributed by atoms with Gasteiger partial charge in [0.05, 0.1) is 18.0 Å². The van der Waals surface area contributed by atoms with Crippen LogP contribution in [0.3, 0.4) is 0 Å². The van der Waals surface area contributed by atoms with Gasteiger partial charge in [0.1, 0.15) is 11.8 Å². The summed E-state index contributed by atoms with van der Waals surface area (Å²) in [6.07, 6.45) is 0.754. The highest BCUT2D eigenvalue weighted by Crippen LogP contribution is 2.20. The molecule has 2 amide bonds. The largest absolute Gasteiger partial charge is 0.497 e. The van der Waals surface area contributed by atoms with E-state index in [0.717, 1.165) is 17.7 Å². The summed E-state index contributed by atoms with van der Waals surface area (Å²) in [4.78, 5) is 25.0. The lowest BCUT2D eigenvalue weighted by Crippen LogP contribution is -2.45. The topological polar surface area (TPSA) is 67.4 Å². The molecule has 5 nitrogen and oxygen atoms in total. The molecule has 2 N–H and O–H groups in total. The van der Waals surface area contributed by atoms with Crippen LogP contribution in [0.15, 0.2) is 41.8 Å². The summed E-state index contributed by atoms with van der Waals surface area (Å²) in [5.74, 6) is 0.337. The molecule has 0 fully saturated rings. The molecule has 2 unspecified atom stereocenters. The van der Waals surface area contributed by atoms with Gasteiger partial charge in [-0.25, -0.2) is 0 Å². The number of amides is 2. The smallest absolute Gasteiger partial charge is 0.261 e. The molecule has 0 aliphatic carbocycles. The summed E-state index contributed by atoms with van der Waals surface area (Å²) in [5, 5.41) is 7.53. The van der Waals surface area contributed by atoms with Crippen LogP contribution < -0.4 is 15.4 Å². The maximum atomic E-state index is 12.4. The molecule has 2 rings (SSSR count). The number of ether oxygens (including phenoxy) is 1. The zero-order chi connectivity index (χ0) is 17.5. The van der Waals surface area contributed by atoms with Crippen LogP contribution in [0.25, 0.3) is 0 Å². The first kappa shape index (κ1) is 18.0. The van der Waals surface area contributed by atoms with E-state index in [2.05, 4.69) is 10.6 Å². The van der Waals surface area contributed by atoms with Crippen LogP contribution in [0, 0.1) is 0 Å². The fourth-order valence-corrected chi connectivity index (χ4v) is 2.92. The average Bonchev–Trinajstić information content (AvgIpc) is 3.14. The van der Waals surface area contributed by atoms with Crippen molar-refractivity contribution in [1.82, 2.24) is 10.6 Å². The zero-order valence-corrected chi connectivity index (χ0v) is 14.9. The van der Waals surface area contributed by atoms with Gasteiger partial charge in [-0.15, -0.1) is 11.3 Å². The van der Waals surface area contributed by atoms with Crippen LogP contribution >= 0.6 is 11.3 Å². The average molecular weight is 346 g/mol. The van der Waals surface area contributed by atoms with E-state index in [1.165, 1.54) is 11.3 Å². The van der Waals surface area contributed by atoms with Crippen LogP contribution in [0.5, 0.6) is 5.75 Å². The molecule has 0 radical (unpaired) electrons. The van der Waals surface area contributed by atoms with Gasteiger partial charge in [0.25, 0.3) is 5.91 Å². The van der Waals surface area contributed by atoms with E-state index in [1.807, 2.05) is 36.6 Å². The maximum Gasteiger partial charge on any atom is 0.261 e. The summed E-state index contributed by atoms with van der Waals surface area (Å²) in [7, 11) is 1.62. The van der Waals surface area contributed by atoms with Gasteiger partial charge in [-0.3, -0.25) is 9.59 Å². The molecule has 1 aromatic carbocycles. The summed E-state index contributed by atoms with van der Waals surface area (Å²) in [6, 6.07) is 10.4. The highest BCUT2D eigenvalue weighted by molar-refractivity contribution is 7.12.